The number of unbranched alkanes of at least 4 members (excludes halogenated alkanes) is 20. The van der Waals surface area contributed by atoms with E-state index in [0.717, 1.165) is 29.7 Å². The second-order valence-corrected chi connectivity index (χ2v) is 13.2. The van der Waals surface area contributed by atoms with Crippen LogP contribution in [0.1, 0.15) is 159 Å². The van der Waals surface area contributed by atoms with Crippen molar-refractivity contribution >= 4 is 16.8 Å². The second-order valence-electron chi connectivity index (χ2n) is 13.2. The van der Waals surface area contributed by atoms with Gasteiger partial charge in [0.05, 0.1) is 0 Å². The smallest absolute Gasteiger partial charge is 0.220 e. The zero-order valence-electron chi connectivity index (χ0n) is 28.7. The van der Waals surface area contributed by atoms with E-state index in [4.69, 9.17) is 4.74 Å². The fourth-order valence-electron chi connectivity index (χ4n) is 6.34. The predicted octanol–water partition coefficient (Wildman–Crippen LogP) is 12.0. The molecule has 3 aromatic rings. The van der Waals surface area contributed by atoms with Crippen LogP contribution in [0.15, 0.2) is 54.7 Å². The van der Waals surface area contributed by atoms with Gasteiger partial charge in [0.2, 0.25) is 5.91 Å². The molecule has 0 bridgehead atoms. The molecule has 0 saturated carbocycles. The first kappa shape index (κ1) is 36.7. The van der Waals surface area contributed by atoms with Crippen molar-refractivity contribution in [1.29, 1.82) is 0 Å². The van der Waals surface area contributed by atoms with Gasteiger partial charge in [0.1, 0.15) is 12.4 Å². The summed E-state index contributed by atoms with van der Waals surface area (Å²) < 4.78 is 6.02. The van der Waals surface area contributed by atoms with E-state index in [0.29, 0.717) is 19.6 Å². The number of aromatic nitrogens is 1. The lowest BCUT2D eigenvalue weighted by atomic mass is 10.0. The Labute approximate surface area is 275 Å². The van der Waals surface area contributed by atoms with Crippen LogP contribution in [0.25, 0.3) is 10.9 Å². The summed E-state index contributed by atoms with van der Waals surface area (Å²) in [5.41, 5.74) is 3.47. The summed E-state index contributed by atoms with van der Waals surface area (Å²) in [7, 11) is 0. The van der Waals surface area contributed by atoms with E-state index in [-0.39, 0.29) is 5.91 Å². The molecule has 0 aliphatic carbocycles. The monoisotopic (exact) mass is 616 g/mol. The van der Waals surface area contributed by atoms with E-state index in [1.54, 1.807) is 0 Å². The maximum Gasteiger partial charge on any atom is 0.220 e. The number of H-pyrrole nitrogens is 1. The molecule has 1 aromatic heterocycles. The Morgan fingerprint density at radius 3 is 1.76 bits per heavy atom. The highest BCUT2D eigenvalue weighted by molar-refractivity contribution is 5.84. The molecule has 0 aliphatic heterocycles. The van der Waals surface area contributed by atoms with Gasteiger partial charge in [-0.05, 0) is 42.2 Å². The topological polar surface area (TPSA) is 54.1 Å². The Hall–Kier alpha value is -2.75. The van der Waals surface area contributed by atoms with E-state index in [1.165, 1.54) is 139 Å². The minimum absolute atomic E-state index is 0.180. The summed E-state index contributed by atoms with van der Waals surface area (Å²) in [6, 6.07) is 16.4. The number of nitrogens with one attached hydrogen (secondary N) is 2. The number of hydrogen-bond acceptors (Lipinski definition) is 2. The van der Waals surface area contributed by atoms with Crippen molar-refractivity contribution in [2.75, 3.05) is 6.54 Å². The van der Waals surface area contributed by atoms with Crippen LogP contribution in [-0.4, -0.2) is 17.4 Å². The molecule has 2 aromatic carbocycles. The van der Waals surface area contributed by atoms with Crippen LogP contribution in [0.5, 0.6) is 5.75 Å². The highest BCUT2D eigenvalue weighted by Gasteiger charge is 2.07. The molecule has 0 atom stereocenters. The van der Waals surface area contributed by atoms with Gasteiger partial charge in [-0.25, -0.2) is 0 Å². The van der Waals surface area contributed by atoms with Crippen LogP contribution in [0.3, 0.4) is 0 Å². The van der Waals surface area contributed by atoms with Crippen molar-refractivity contribution in [2.45, 2.75) is 161 Å². The number of hydrogen-bond donors (Lipinski definition) is 2. The summed E-state index contributed by atoms with van der Waals surface area (Å²) in [4.78, 5) is 15.7. The number of rotatable bonds is 28. The molecular formula is C41H64N2O2. The number of aromatic amines is 1. The summed E-state index contributed by atoms with van der Waals surface area (Å²) >= 11 is 0. The standard InChI is InChI=1S/C41H64N2O2/c1-2-3-4-5-6-7-8-9-10-11-12-13-14-15-16-17-18-19-20-21-25-28-41(44)42-32-31-37-34-43-40-30-29-38(33-39(37)40)45-35-36-26-23-22-24-27-36/h22-24,26-27,29-30,33-34,43H,2-21,25,28,31-32,35H2,1H3,(H,42,44). The van der Waals surface area contributed by atoms with Gasteiger partial charge in [-0.15, -0.1) is 0 Å². The zero-order valence-corrected chi connectivity index (χ0v) is 28.7. The predicted molar refractivity (Wildman–Crippen MR) is 193 cm³/mol. The molecule has 2 N–H and O–H groups in total. The first-order valence-electron chi connectivity index (χ1n) is 18.8. The zero-order chi connectivity index (χ0) is 31.6. The third-order valence-corrected chi connectivity index (χ3v) is 9.21. The molecule has 0 fully saturated rings. The van der Waals surface area contributed by atoms with E-state index < -0.39 is 0 Å². The summed E-state index contributed by atoms with van der Waals surface area (Å²) in [6.45, 7) is 3.52. The van der Waals surface area contributed by atoms with Crippen LogP contribution >= 0.6 is 0 Å². The van der Waals surface area contributed by atoms with Gasteiger partial charge in [0, 0.05) is 30.1 Å². The van der Waals surface area contributed by atoms with E-state index >= 15 is 0 Å². The quantitative estimate of drug-likeness (QED) is 0.0797. The highest BCUT2D eigenvalue weighted by atomic mass is 16.5. The summed E-state index contributed by atoms with van der Waals surface area (Å²) in [6.07, 6.45) is 32.5. The maximum absolute atomic E-state index is 12.4. The van der Waals surface area contributed by atoms with Crippen molar-refractivity contribution in [3.8, 4) is 5.75 Å². The SMILES string of the molecule is CCCCCCCCCCCCCCCCCCCCCCCC(=O)NCCc1c[nH]c2ccc(OCc3ccccc3)cc12. The average Bonchev–Trinajstić information content (AvgIpc) is 3.47. The molecular weight excluding hydrogens is 552 g/mol. The molecule has 0 radical (unpaired) electrons. The Morgan fingerprint density at radius 2 is 1.20 bits per heavy atom. The first-order valence-corrected chi connectivity index (χ1v) is 18.8. The highest BCUT2D eigenvalue weighted by Crippen LogP contribution is 2.25. The lowest BCUT2D eigenvalue weighted by molar-refractivity contribution is -0.121. The van der Waals surface area contributed by atoms with E-state index in [1.807, 2.05) is 24.3 Å². The van der Waals surface area contributed by atoms with E-state index in [9.17, 15) is 4.79 Å². The number of ether oxygens (including phenoxy) is 1. The maximum atomic E-state index is 12.4. The molecule has 1 amide bonds. The van der Waals surface area contributed by atoms with Crippen molar-refractivity contribution < 1.29 is 9.53 Å². The van der Waals surface area contributed by atoms with Gasteiger partial charge in [-0.3, -0.25) is 4.79 Å². The van der Waals surface area contributed by atoms with Crippen molar-refractivity contribution in [3.05, 3.63) is 65.9 Å². The molecule has 0 spiro atoms. The lowest BCUT2D eigenvalue weighted by Crippen LogP contribution is -2.25. The molecule has 3 rings (SSSR count). The summed E-state index contributed by atoms with van der Waals surface area (Å²) in [5.74, 6) is 1.05. The molecule has 0 saturated heterocycles. The molecule has 250 valence electrons. The number of carbonyl (C=O) groups is 1. The number of benzene rings is 2. The average molecular weight is 617 g/mol. The molecule has 0 unspecified atom stereocenters. The first-order chi connectivity index (χ1) is 22.3. The van der Waals surface area contributed by atoms with E-state index in [2.05, 4.69) is 47.7 Å². The van der Waals surface area contributed by atoms with Crippen molar-refractivity contribution in [1.82, 2.24) is 10.3 Å². The Balaban J connectivity index is 1.09. The lowest BCUT2D eigenvalue weighted by Gasteiger charge is -2.08. The van der Waals surface area contributed by atoms with Gasteiger partial charge in [-0.2, -0.15) is 0 Å². The van der Waals surface area contributed by atoms with Crippen LogP contribution in [0.4, 0.5) is 0 Å². The van der Waals surface area contributed by atoms with Crippen LogP contribution in [-0.2, 0) is 17.8 Å². The normalized spacial score (nSPS) is 11.3. The molecule has 1 heterocycles. The fourth-order valence-corrected chi connectivity index (χ4v) is 6.34. The van der Waals surface area contributed by atoms with Gasteiger partial charge < -0.3 is 15.0 Å². The number of amides is 1. The van der Waals surface area contributed by atoms with Crippen LogP contribution in [0, 0.1) is 0 Å². The Kier molecular flexibility index (Phi) is 20.0. The Morgan fingerprint density at radius 1 is 0.667 bits per heavy atom. The minimum Gasteiger partial charge on any atom is -0.489 e. The van der Waals surface area contributed by atoms with Gasteiger partial charge >= 0.3 is 0 Å². The van der Waals surface area contributed by atoms with Gasteiger partial charge in [0.15, 0.2) is 0 Å². The van der Waals surface area contributed by atoms with Crippen molar-refractivity contribution in [2.24, 2.45) is 0 Å². The third-order valence-electron chi connectivity index (χ3n) is 9.21. The minimum atomic E-state index is 0.180. The van der Waals surface area contributed by atoms with Crippen LogP contribution < -0.4 is 10.1 Å². The molecule has 4 nitrogen and oxygen atoms in total. The fraction of sp³-hybridized carbons (Fsp3) is 0.634. The number of fused-ring (bicyclic) bond motifs is 1. The largest absolute Gasteiger partial charge is 0.489 e. The molecule has 4 heteroatoms. The van der Waals surface area contributed by atoms with Gasteiger partial charge in [-0.1, -0.05) is 166 Å². The van der Waals surface area contributed by atoms with Gasteiger partial charge in [0.25, 0.3) is 0 Å². The van der Waals surface area contributed by atoms with Crippen molar-refractivity contribution in [3.63, 3.8) is 0 Å². The second kappa shape index (κ2) is 24.5. The molecule has 0 aliphatic rings. The number of carbonyl (C=O) groups excluding carboxylic acids is 1. The van der Waals surface area contributed by atoms with Crippen LogP contribution in [0.2, 0.25) is 0 Å². The molecule has 45 heavy (non-hydrogen) atoms. The Bertz CT molecular complexity index is 1140. The third kappa shape index (κ3) is 16.9. The summed E-state index contributed by atoms with van der Waals surface area (Å²) in [5, 5.41) is 4.29.